The molecule has 0 bridgehead atoms. The van der Waals surface area contributed by atoms with Gasteiger partial charge in [-0.05, 0) is 6.07 Å². The zero-order chi connectivity index (χ0) is 9.84. The van der Waals surface area contributed by atoms with E-state index >= 15 is 0 Å². The molecule has 1 heterocycles. The predicted molar refractivity (Wildman–Crippen MR) is 52.9 cm³/mol. The molecule has 1 rings (SSSR count). The third-order valence-electron chi connectivity index (χ3n) is 1.63. The normalized spacial score (nSPS) is 9.38. The van der Waals surface area contributed by atoms with Crippen LogP contribution in [0.3, 0.4) is 0 Å². The van der Waals surface area contributed by atoms with Crippen LogP contribution < -0.4 is 4.90 Å². The third kappa shape index (κ3) is 2.33. The molecule has 0 aliphatic rings. The van der Waals surface area contributed by atoms with Crippen molar-refractivity contribution in [1.29, 1.82) is 5.26 Å². The molecule has 0 saturated carbocycles. The van der Waals surface area contributed by atoms with Crippen molar-refractivity contribution in [3.8, 4) is 6.07 Å². The van der Waals surface area contributed by atoms with Gasteiger partial charge >= 0.3 is 0 Å². The Morgan fingerprint density at radius 1 is 1.62 bits per heavy atom. The van der Waals surface area contributed by atoms with Crippen LogP contribution in [-0.2, 0) is 6.42 Å². The lowest BCUT2D eigenvalue weighted by molar-refractivity contribution is 1.07. The molecule has 13 heavy (non-hydrogen) atoms. The van der Waals surface area contributed by atoms with E-state index in [9.17, 15) is 0 Å². The van der Waals surface area contributed by atoms with E-state index in [4.69, 9.17) is 16.9 Å². The Kier molecular flexibility index (Phi) is 3.10. The van der Waals surface area contributed by atoms with Crippen LogP contribution in [0.5, 0.6) is 0 Å². The third-order valence-corrected chi connectivity index (χ3v) is 1.92. The van der Waals surface area contributed by atoms with Gasteiger partial charge in [-0.15, -0.1) is 0 Å². The second-order valence-electron chi connectivity index (χ2n) is 2.86. The first-order chi connectivity index (χ1) is 6.15. The topological polar surface area (TPSA) is 39.9 Å². The van der Waals surface area contributed by atoms with Crippen LogP contribution in [0.4, 0.5) is 5.69 Å². The lowest BCUT2D eigenvalue weighted by Crippen LogP contribution is -2.10. The fraction of sp³-hybridized carbons (Fsp3) is 0.333. The van der Waals surface area contributed by atoms with Crippen LogP contribution in [0.1, 0.15) is 5.69 Å². The molecule has 0 N–H and O–H groups in total. The fourth-order valence-corrected chi connectivity index (χ4v) is 1.26. The molecule has 3 nitrogen and oxygen atoms in total. The Hall–Kier alpha value is -1.27. The highest BCUT2D eigenvalue weighted by Gasteiger charge is 2.04. The summed E-state index contributed by atoms with van der Waals surface area (Å²) < 4.78 is 0. The van der Waals surface area contributed by atoms with E-state index in [1.54, 1.807) is 6.20 Å². The molecule has 0 radical (unpaired) electrons. The number of halogens is 1. The highest BCUT2D eigenvalue weighted by atomic mass is 35.5. The van der Waals surface area contributed by atoms with E-state index in [1.165, 1.54) is 0 Å². The molecule has 0 spiro atoms. The van der Waals surface area contributed by atoms with Gasteiger partial charge in [-0.2, -0.15) is 5.26 Å². The van der Waals surface area contributed by atoms with Crippen molar-refractivity contribution in [2.24, 2.45) is 0 Å². The Bertz CT molecular complexity index is 341. The number of aromatic nitrogens is 1. The van der Waals surface area contributed by atoms with E-state index in [0.717, 1.165) is 11.4 Å². The van der Waals surface area contributed by atoms with Crippen LogP contribution in [0.15, 0.2) is 12.3 Å². The van der Waals surface area contributed by atoms with Gasteiger partial charge in [-0.1, -0.05) is 11.6 Å². The lowest BCUT2D eigenvalue weighted by Gasteiger charge is -2.14. The van der Waals surface area contributed by atoms with Gasteiger partial charge in [0.2, 0.25) is 0 Å². The Morgan fingerprint density at radius 2 is 2.31 bits per heavy atom. The van der Waals surface area contributed by atoms with Crippen molar-refractivity contribution in [3.63, 3.8) is 0 Å². The molecule has 4 heteroatoms. The van der Waals surface area contributed by atoms with E-state index in [2.05, 4.69) is 4.98 Å². The fourth-order valence-electron chi connectivity index (χ4n) is 0.990. The number of anilines is 1. The van der Waals surface area contributed by atoms with Gasteiger partial charge in [-0.25, -0.2) is 0 Å². The van der Waals surface area contributed by atoms with Gasteiger partial charge in [0.25, 0.3) is 0 Å². The molecular formula is C9H10ClN3. The molecule has 0 saturated heterocycles. The minimum Gasteiger partial charge on any atom is -0.376 e. The average Bonchev–Trinajstić information content (AvgIpc) is 2.08. The highest BCUT2D eigenvalue weighted by Crippen LogP contribution is 2.23. The predicted octanol–water partition coefficient (Wildman–Crippen LogP) is 1.87. The first-order valence-corrected chi connectivity index (χ1v) is 4.21. The lowest BCUT2D eigenvalue weighted by atomic mass is 10.2. The van der Waals surface area contributed by atoms with E-state index in [0.29, 0.717) is 11.4 Å². The molecule has 68 valence electrons. The van der Waals surface area contributed by atoms with Gasteiger partial charge in [-0.3, -0.25) is 4.98 Å². The molecule has 0 aliphatic carbocycles. The second kappa shape index (κ2) is 4.11. The second-order valence-corrected chi connectivity index (χ2v) is 3.26. The average molecular weight is 196 g/mol. The van der Waals surface area contributed by atoms with Crippen LogP contribution in [0.2, 0.25) is 5.02 Å². The maximum absolute atomic E-state index is 8.48. The summed E-state index contributed by atoms with van der Waals surface area (Å²) in [6, 6.07) is 3.87. The van der Waals surface area contributed by atoms with E-state index in [1.807, 2.05) is 31.1 Å². The first kappa shape index (κ1) is 9.82. The van der Waals surface area contributed by atoms with E-state index in [-0.39, 0.29) is 0 Å². The molecule has 0 fully saturated rings. The van der Waals surface area contributed by atoms with Gasteiger partial charge in [0.15, 0.2) is 0 Å². The molecule has 0 aliphatic heterocycles. The molecule has 1 aromatic rings. The number of rotatable bonds is 2. The molecule has 0 aromatic carbocycles. The van der Waals surface area contributed by atoms with Crippen molar-refractivity contribution in [2.75, 3.05) is 19.0 Å². The van der Waals surface area contributed by atoms with Gasteiger partial charge in [0.05, 0.1) is 28.9 Å². The Morgan fingerprint density at radius 3 is 2.85 bits per heavy atom. The summed E-state index contributed by atoms with van der Waals surface area (Å²) in [5, 5.41) is 9.09. The number of nitriles is 1. The molecule has 0 amide bonds. The van der Waals surface area contributed by atoms with Crippen LogP contribution >= 0.6 is 11.6 Å². The number of pyridine rings is 1. The van der Waals surface area contributed by atoms with Crippen molar-refractivity contribution in [1.82, 2.24) is 4.98 Å². The quantitative estimate of drug-likeness (QED) is 0.724. The number of nitrogens with zero attached hydrogens (tertiary/aromatic N) is 3. The maximum Gasteiger partial charge on any atom is 0.0822 e. The van der Waals surface area contributed by atoms with Crippen molar-refractivity contribution in [2.45, 2.75) is 6.42 Å². The summed E-state index contributed by atoms with van der Waals surface area (Å²) in [5.74, 6) is 0. The summed E-state index contributed by atoms with van der Waals surface area (Å²) in [6.07, 6.45) is 1.89. The van der Waals surface area contributed by atoms with Gasteiger partial charge < -0.3 is 4.90 Å². The summed E-state index contributed by atoms with van der Waals surface area (Å²) >= 11 is 5.90. The summed E-state index contributed by atoms with van der Waals surface area (Å²) in [7, 11) is 3.80. The summed E-state index contributed by atoms with van der Waals surface area (Å²) in [4.78, 5) is 5.92. The van der Waals surface area contributed by atoms with Crippen molar-refractivity contribution >= 4 is 17.3 Å². The van der Waals surface area contributed by atoms with Gasteiger partial charge in [0.1, 0.15) is 0 Å². The standard InChI is InChI=1S/C9H10ClN3/c1-13(2)9-5-7(3-4-11)12-6-8(9)10/h5-6H,3H2,1-2H3. The number of hydrogen-bond acceptors (Lipinski definition) is 3. The Labute approximate surface area is 82.6 Å². The zero-order valence-electron chi connectivity index (χ0n) is 7.58. The minimum atomic E-state index is 0.317. The molecule has 0 unspecified atom stereocenters. The van der Waals surface area contributed by atoms with Crippen molar-refractivity contribution in [3.05, 3.63) is 23.0 Å². The van der Waals surface area contributed by atoms with Crippen LogP contribution in [0.25, 0.3) is 0 Å². The number of hydrogen-bond donors (Lipinski definition) is 0. The molecular weight excluding hydrogens is 186 g/mol. The maximum atomic E-state index is 8.48. The summed E-state index contributed by atoms with van der Waals surface area (Å²) in [6.45, 7) is 0. The largest absolute Gasteiger partial charge is 0.376 e. The van der Waals surface area contributed by atoms with E-state index < -0.39 is 0 Å². The van der Waals surface area contributed by atoms with Gasteiger partial charge in [0, 0.05) is 20.3 Å². The monoisotopic (exact) mass is 195 g/mol. The minimum absolute atomic E-state index is 0.317. The highest BCUT2D eigenvalue weighted by molar-refractivity contribution is 6.33. The SMILES string of the molecule is CN(C)c1cc(CC#N)ncc1Cl. The van der Waals surface area contributed by atoms with Crippen LogP contribution in [-0.4, -0.2) is 19.1 Å². The first-order valence-electron chi connectivity index (χ1n) is 3.84. The zero-order valence-corrected chi connectivity index (χ0v) is 8.34. The summed E-state index contributed by atoms with van der Waals surface area (Å²) in [5.41, 5.74) is 1.64. The smallest absolute Gasteiger partial charge is 0.0822 e. The van der Waals surface area contributed by atoms with Crippen LogP contribution in [0, 0.1) is 11.3 Å². The molecule has 0 atom stereocenters. The van der Waals surface area contributed by atoms with Crippen molar-refractivity contribution < 1.29 is 0 Å². The Balaban J connectivity index is 3.05. The molecule has 1 aromatic heterocycles.